The fourth-order valence-corrected chi connectivity index (χ4v) is 1.09. The number of amides is 1. The van der Waals surface area contributed by atoms with Crippen LogP contribution in [0.3, 0.4) is 0 Å². The standard InChI is InChI=1S/C10H13NO2.C3H8/c1-7(10(11)13)6-8-2-4-9(12)5-3-8;1-3-2/h2-5,7,12H,6H2,1H3,(H2,11,13);3H2,1-2H3/t7-;/m0./s1. The molecule has 16 heavy (non-hydrogen) atoms. The van der Waals surface area contributed by atoms with Gasteiger partial charge in [-0.25, -0.2) is 0 Å². The van der Waals surface area contributed by atoms with E-state index in [0.717, 1.165) is 5.56 Å². The summed E-state index contributed by atoms with van der Waals surface area (Å²) in [6.45, 7) is 6.04. The van der Waals surface area contributed by atoms with Crippen LogP contribution in [0.1, 0.15) is 32.8 Å². The van der Waals surface area contributed by atoms with Crippen molar-refractivity contribution in [3.63, 3.8) is 0 Å². The molecule has 0 unspecified atom stereocenters. The van der Waals surface area contributed by atoms with E-state index in [-0.39, 0.29) is 17.6 Å². The number of phenolic OH excluding ortho intramolecular Hbond substituents is 1. The zero-order valence-corrected chi connectivity index (χ0v) is 10.2. The van der Waals surface area contributed by atoms with E-state index in [1.165, 1.54) is 6.42 Å². The third-order valence-corrected chi connectivity index (χ3v) is 1.96. The van der Waals surface area contributed by atoms with Crippen LogP contribution in [0.4, 0.5) is 0 Å². The summed E-state index contributed by atoms with van der Waals surface area (Å²) < 4.78 is 0. The Kier molecular flexibility index (Phi) is 7.01. The molecule has 1 aromatic rings. The van der Waals surface area contributed by atoms with E-state index >= 15 is 0 Å². The highest BCUT2D eigenvalue weighted by molar-refractivity contribution is 5.76. The first-order valence-electron chi connectivity index (χ1n) is 5.58. The van der Waals surface area contributed by atoms with Crippen molar-refractivity contribution in [1.29, 1.82) is 0 Å². The summed E-state index contributed by atoms with van der Waals surface area (Å²) >= 11 is 0. The van der Waals surface area contributed by atoms with Gasteiger partial charge < -0.3 is 10.8 Å². The maximum Gasteiger partial charge on any atom is 0.220 e. The van der Waals surface area contributed by atoms with Gasteiger partial charge in [0.1, 0.15) is 5.75 Å². The maximum atomic E-state index is 10.7. The van der Waals surface area contributed by atoms with E-state index in [4.69, 9.17) is 10.8 Å². The Bertz CT molecular complexity index is 306. The molecule has 1 aromatic carbocycles. The molecule has 0 saturated heterocycles. The Morgan fingerprint density at radius 1 is 1.31 bits per heavy atom. The molecular weight excluding hydrogens is 202 g/mol. The zero-order valence-electron chi connectivity index (χ0n) is 10.2. The molecule has 3 heteroatoms. The molecule has 1 atom stereocenters. The van der Waals surface area contributed by atoms with E-state index < -0.39 is 0 Å². The molecule has 3 N–H and O–H groups in total. The minimum Gasteiger partial charge on any atom is -0.508 e. The van der Waals surface area contributed by atoms with Crippen LogP contribution in [0.15, 0.2) is 24.3 Å². The number of carbonyl (C=O) groups is 1. The van der Waals surface area contributed by atoms with E-state index in [9.17, 15) is 4.79 Å². The van der Waals surface area contributed by atoms with Gasteiger partial charge in [0.05, 0.1) is 0 Å². The van der Waals surface area contributed by atoms with Crippen molar-refractivity contribution >= 4 is 5.91 Å². The number of hydrogen-bond donors (Lipinski definition) is 2. The molecule has 90 valence electrons. The number of nitrogens with two attached hydrogens (primary N) is 1. The van der Waals surface area contributed by atoms with Crippen molar-refractivity contribution in [2.24, 2.45) is 11.7 Å². The molecule has 0 fully saturated rings. The highest BCUT2D eigenvalue weighted by atomic mass is 16.3. The third-order valence-electron chi connectivity index (χ3n) is 1.96. The number of aromatic hydroxyl groups is 1. The second-order valence-electron chi connectivity index (χ2n) is 3.88. The Balaban J connectivity index is 0.000000673. The minimum absolute atomic E-state index is 0.162. The summed E-state index contributed by atoms with van der Waals surface area (Å²) in [6, 6.07) is 6.77. The van der Waals surface area contributed by atoms with Gasteiger partial charge in [-0.05, 0) is 24.1 Å². The summed E-state index contributed by atoms with van der Waals surface area (Å²) in [7, 11) is 0. The number of hydrogen-bond acceptors (Lipinski definition) is 2. The van der Waals surface area contributed by atoms with Gasteiger partial charge in [0.2, 0.25) is 5.91 Å². The van der Waals surface area contributed by atoms with Crippen LogP contribution >= 0.6 is 0 Å². The maximum absolute atomic E-state index is 10.7. The van der Waals surface area contributed by atoms with Gasteiger partial charge in [-0.15, -0.1) is 0 Å². The fourth-order valence-electron chi connectivity index (χ4n) is 1.09. The SMILES string of the molecule is CCC.C[C@@H](Cc1ccc(O)cc1)C(N)=O. The molecular formula is C13H21NO2. The van der Waals surface area contributed by atoms with Crippen molar-refractivity contribution in [1.82, 2.24) is 0 Å². The van der Waals surface area contributed by atoms with E-state index in [1.807, 2.05) is 0 Å². The lowest BCUT2D eigenvalue weighted by Crippen LogP contribution is -2.22. The summed E-state index contributed by atoms with van der Waals surface area (Å²) in [5.41, 5.74) is 6.13. The van der Waals surface area contributed by atoms with Crippen molar-refractivity contribution in [2.75, 3.05) is 0 Å². The molecule has 0 aliphatic heterocycles. The van der Waals surface area contributed by atoms with Crippen LogP contribution < -0.4 is 5.73 Å². The Hall–Kier alpha value is -1.51. The summed E-state index contributed by atoms with van der Waals surface area (Å²) in [4.78, 5) is 10.7. The fraction of sp³-hybridized carbons (Fsp3) is 0.462. The zero-order chi connectivity index (χ0) is 12.6. The normalized spacial score (nSPS) is 11.2. The van der Waals surface area contributed by atoms with Crippen LogP contribution in [-0.2, 0) is 11.2 Å². The van der Waals surface area contributed by atoms with Crippen LogP contribution in [0.25, 0.3) is 0 Å². The van der Waals surface area contributed by atoms with Gasteiger partial charge in [-0.2, -0.15) is 0 Å². The molecule has 0 heterocycles. The van der Waals surface area contributed by atoms with Gasteiger partial charge in [-0.3, -0.25) is 4.79 Å². The smallest absolute Gasteiger partial charge is 0.220 e. The Morgan fingerprint density at radius 2 is 1.75 bits per heavy atom. The average molecular weight is 223 g/mol. The largest absolute Gasteiger partial charge is 0.508 e. The molecule has 1 amide bonds. The van der Waals surface area contributed by atoms with E-state index in [2.05, 4.69) is 13.8 Å². The number of benzene rings is 1. The minimum atomic E-state index is -0.298. The van der Waals surface area contributed by atoms with Gasteiger partial charge in [0.25, 0.3) is 0 Å². The van der Waals surface area contributed by atoms with E-state index in [1.54, 1.807) is 31.2 Å². The van der Waals surface area contributed by atoms with Gasteiger partial charge in [-0.1, -0.05) is 39.3 Å². The first-order chi connectivity index (χ1) is 7.51. The predicted molar refractivity (Wildman–Crippen MR) is 66.1 cm³/mol. The molecule has 0 saturated carbocycles. The van der Waals surface area contributed by atoms with Crippen LogP contribution in [0, 0.1) is 5.92 Å². The molecule has 3 nitrogen and oxygen atoms in total. The molecule has 0 aliphatic carbocycles. The number of carbonyl (C=O) groups excluding carboxylic acids is 1. The van der Waals surface area contributed by atoms with Gasteiger partial charge in [0, 0.05) is 5.92 Å². The first-order valence-corrected chi connectivity index (χ1v) is 5.58. The van der Waals surface area contributed by atoms with E-state index in [0.29, 0.717) is 6.42 Å². The molecule has 1 rings (SSSR count). The topological polar surface area (TPSA) is 63.3 Å². The van der Waals surface area contributed by atoms with Crippen molar-refractivity contribution in [3.8, 4) is 5.75 Å². The highest BCUT2D eigenvalue weighted by Crippen LogP contribution is 2.13. The summed E-state index contributed by atoms with van der Waals surface area (Å²) in [6.07, 6.45) is 1.87. The molecule has 0 radical (unpaired) electrons. The third kappa shape index (κ3) is 6.06. The highest BCUT2D eigenvalue weighted by Gasteiger charge is 2.08. The van der Waals surface area contributed by atoms with Crippen LogP contribution in [0.2, 0.25) is 0 Å². The number of phenols is 1. The number of rotatable bonds is 3. The predicted octanol–water partition coefficient (Wildman–Crippen LogP) is 2.47. The second-order valence-corrected chi connectivity index (χ2v) is 3.88. The monoisotopic (exact) mass is 223 g/mol. The van der Waals surface area contributed by atoms with Crippen LogP contribution in [0.5, 0.6) is 5.75 Å². The number of primary amides is 1. The second kappa shape index (κ2) is 7.74. The average Bonchev–Trinajstić information content (AvgIpc) is 2.22. The molecule has 0 bridgehead atoms. The van der Waals surface area contributed by atoms with Crippen LogP contribution in [-0.4, -0.2) is 11.0 Å². The Labute approximate surface area is 97.3 Å². The summed E-state index contributed by atoms with van der Waals surface area (Å²) in [5.74, 6) is -0.229. The molecule has 0 spiro atoms. The van der Waals surface area contributed by atoms with Crippen molar-refractivity contribution in [3.05, 3.63) is 29.8 Å². The Morgan fingerprint density at radius 3 is 2.12 bits per heavy atom. The lowest BCUT2D eigenvalue weighted by molar-refractivity contribution is -0.121. The summed E-state index contributed by atoms with van der Waals surface area (Å²) in [5, 5.41) is 9.01. The van der Waals surface area contributed by atoms with Gasteiger partial charge in [0.15, 0.2) is 0 Å². The van der Waals surface area contributed by atoms with Gasteiger partial charge >= 0.3 is 0 Å². The van der Waals surface area contributed by atoms with Crippen molar-refractivity contribution in [2.45, 2.75) is 33.6 Å². The lowest BCUT2D eigenvalue weighted by atomic mass is 10.0. The quantitative estimate of drug-likeness (QED) is 0.826. The molecule has 0 aliphatic rings. The first kappa shape index (κ1) is 14.5. The molecule has 0 aromatic heterocycles. The van der Waals surface area contributed by atoms with Crippen molar-refractivity contribution < 1.29 is 9.90 Å². The lowest BCUT2D eigenvalue weighted by Gasteiger charge is -2.06.